The van der Waals surface area contributed by atoms with Crippen LogP contribution in [-0.4, -0.2) is 44.8 Å². The summed E-state index contributed by atoms with van der Waals surface area (Å²) in [5.41, 5.74) is 1.69. The fourth-order valence-electron chi connectivity index (χ4n) is 3.10. The van der Waals surface area contributed by atoms with Crippen LogP contribution in [-0.2, 0) is 21.1 Å². The van der Waals surface area contributed by atoms with Crippen LogP contribution < -0.4 is 5.32 Å². The lowest BCUT2D eigenvalue weighted by Gasteiger charge is -2.38. The molecule has 1 N–H and O–H groups in total. The number of halogens is 1. The lowest BCUT2D eigenvalue weighted by molar-refractivity contribution is -0.0427. The Morgan fingerprint density at radius 2 is 1.89 bits per heavy atom. The molecular formula is C20H23ClN2O4S. The summed E-state index contributed by atoms with van der Waals surface area (Å²) in [6, 6.07) is 13.7. The van der Waals surface area contributed by atoms with Gasteiger partial charge < -0.3 is 15.0 Å². The highest BCUT2D eigenvalue weighted by Crippen LogP contribution is 2.29. The van der Waals surface area contributed by atoms with Crippen molar-refractivity contribution in [2.75, 3.05) is 19.4 Å². The number of carbonyl (C=O) groups is 1. The third kappa shape index (κ3) is 4.84. The van der Waals surface area contributed by atoms with Crippen LogP contribution in [0, 0.1) is 0 Å². The maximum Gasteiger partial charge on any atom is 0.318 e. The van der Waals surface area contributed by atoms with Crippen LogP contribution in [0.2, 0.25) is 5.02 Å². The third-order valence-electron chi connectivity index (χ3n) is 4.74. The van der Waals surface area contributed by atoms with Crippen LogP contribution in [0.4, 0.5) is 4.79 Å². The van der Waals surface area contributed by atoms with Crippen LogP contribution >= 0.6 is 11.6 Å². The van der Waals surface area contributed by atoms with E-state index in [0.717, 1.165) is 11.1 Å². The van der Waals surface area contributed by atoms with E-state index in [2.05, 4.69) is 5.32 Å². The van der Waals surface area contributed by atoms with Gasteiger partial charge in [0.1, 0.15) is 6.10 Å². The SMILES string of the molecule is C[C@H]1CO[C@H](c2ccccc2Cl)CN1C(=O)NCc1ccc(S(C)(=O)=O)cc1. The smallest absolute Gasteiger partial charge is 0.318 e. The number of hydrogen-bond acceptors (Lipinski definition) is 4. The first-order valence-electron chi connectivity index (χ1n) is 8.95. The molecule has 2 aromatic rings. The predicted molar refractivity (Wildman–Crippen MR) is 108 cm³/mol. The normalized spacial score (nSPS) is 20.0. The number of nitrogens with one attached hydrogen (secondary N) is 1. The molecule has 0 spiro atoms. The van der Waals surface area contributed by atoms with Gasteiger partial charge in [-0.05, 0) is 30.7 Å². The maximum atomic E-state index is 12.7. The summed E-state index contributed by atoms with van der Waals surface area (Å²) in [5, 5.41) is 3.51. The molecule has 150 valence electrons. The van der Waals surface area contributed by atoms with Gasteiger partial charge in [-0.15, -0.1) is 0 Å². The van der Waals surface area contributed by atoms with Gasteiger partial charge in [0.25, 0.3) is 0 Å². The Morgan fingerprint density at radius 3 is 2.54 bits per heavy atom. The second-order valence-electron chi connectivity index (χ2n) is 6.92. The molecule has 3 rings (SSSR count). The first-order valence-corrected chi connectivity index (χ1v) is 11.2. The third-order valence-corrected chi connectivity index (χ3v) is 6.21. The van der Waals surface area contributed by atoms with Gasteiger partial charge in [0.05, 0.1) is 24.1 Å². The second-order valence-corrected chi connectivity index (χ2v) is 9.34. The molecule has 6 nitrogen and oxygen atoms in total. The second kappa shape index (κ2) is 8.51. The summed E-state index contributed by atoms with van der Waals surface area (Å²) in [7, 11) is -3.23. The topological polar surface area (TPSA) is 75.7 Å². The quantitative estimate of drug-likeness (QED) is 0.819. The van der Waals surface area contributed by atoms with Gasteiger partial charge in [0.15, 0.2) is 9.84 Å². The van der Waals surface area contributed by atoms with Crippen molar-refractivity contribution in [2.45, 2.75) is 30.5 Å². The molecule has 8 heteroatoms. The molecule has 0 radical (unpaired) electrons. The Hall–Kier alpha value is -2.09. The zero-order chi connectivity index (χ0) is 20.3. The number of morpholine rings is 1. The summed E-state index contributed by atoms with van der Waals surface area (Å²) < 4.78 is 28.9. The summed E-state index contributed by atoms with van der Waals surface area (Å²) in [4.78, 5) is 14.7. The molecule has 1 fully saturated rings. The van der Waals surface area contributed by atoms with E-state index in [1.54, 1.807) is 29.2 Å². The highest BCUT2D eigenvalue weighted by molar-refractivity contribution is 7.90. The van der Waals surface area contributed by atoms with Crippen molar-refractivity contribution in [3.63, 3.8) is 0 Å². The fourth-order valence-corrected chi connectivity index (χ4v) is 3.99. The first kappa shape index (κ1) is 20.6. The van der Waals surface area contributed by atoms with Crippen LogP contribution in [0.25, 0.3) is 0 Å². The molecule has 1 aliphatic rings. The number of rotatable bonds is 4. The van der Waals surface area contributed by atoms with Crippen LogP contribution in [0.1, 0.15) is 24.2 Å². The number of urea groups is 1. The molecule has 0 aliphatic carbocycles. The highest BCUT2D eigenvalue weighted by atomic mass is 35.5. The monoisotopic (exact) mass is 422 g/mol. The summed E-state index contributed by atoms with van der Waals surface area (Å²) in [6.07, 6.45) is 0.892. The molecule has 0 bridgehead atoms. The zero-order valence-electron chi connectivity index (χ0n) is 15.8. The van der Waals surface area contributed by atoms with Crippen molar-refractivity contribution in [3.05, 3.63) is 64.7 Å². The molecule has 2 amide bonds. The minimum absolute atomic E-state index is 0.0636. The van der Waals surface area contributed by atoms with Gasteiger partial charge in [-0.3, -0.25) is 0 Å². The predicted octanol–water partition coefficient (Wildman–Crippen LogP) is 3.42. The Balaban J connectivity index is 1.63. The Labute approximate surface area is 170 Å². The lowest BCUT2D eigenvalue weighted by Crippen LogP contribution is -2.51. The fraction of sp³-hybridized carbons (Fsp3) is 0.350. The van der Waals surface area contributed by atoms with Crippen molar-refractivity contribution in [1.29, 1.82) is 0 Å². The van der Waals surface area contributed by atoms with Crippen molar-refractivity contribution >= 4 is 27.5 Å². The standard InChI is InChI=1S/C20H23ClN2O4S/c1-14-13-27-19(17-5-3-4-6-18(17)21)12-23(14)20(24)22-11-15-7-9-16(10-8-15)28(2,25)26/h3-10,14,19H,11-13H2,1-2H3,(H,22,24)/t14-,19-/m0/s1. The Bertz CT molecular complexity index is 947. The van der Waals surface area contributed by atoms with Gasteiger partial charge in [0.2, 0.25) is 0 Å². The summed E-state index contributed by atoms with van der Waals surface area (Å²) >= 11 is 6.27. The minimum atomic E-state index is -3.23. The minimum Gasteiger partial charge on any atom is -0.369 e. The van der Waals surface area contributed by atoms with Gasteiger partial charge in [0, 0.05) is 23.4 Å². The van der Waals surface area contributed by atoms with E-state index in [-0.39, 0.29) is 23.1 Å². The van der Waals surface area contributed by atoms with E-state index in [0.29, 0.717) is 24.7 Å². The molecule has 0 aromatic heterocycles. The van der Waals surface area contributed by atoms with Crippen molar-refractivity contribution < 1.29 is 17.9 Å². The van der Waals surface area contributed by atoms with E-state index in [1.165, 1.54) is 6.26 Å². The summed E-state index contributed by atoms with van der Waals surface area (Å²) in [5.74, 6) is 0. The lowest BCUT2D eigenvalue weighted by atomic mass is 10.1. The number of nitrogens with zero attached hydrogens (tertiary/aromatic N) is 1. The van der Waals surface area contributed by atoms with Gasteiger partial charge in [-0.2, -0.15) is 0 Å². The Kier molecular flexibility index (Phi) is 6.27. The molecule has 1 saturated heterocycles. The number of sulfone groups is 1. The molecule has 2 atom stereocenters. The molecule has 2 aromatic carbocycles. The number of carbonyl (C=O) groups excluding carboxylic acids is 1. The van der Waals surface area contributed by atoms with Crippen molar-refractivity contribution in [2.24, 2.45) is 0 Å². The zero-order valence-corrected chi connectivity index (χ0v) is 17.3. The molecular weight excluding hydrogens is 400 g/mol. The van der Waals surface area contributed by atoms with Crippen molar-refractivity contribution in [3.8, 4) is 0 Å². The molecule has 1 heterocycles. The van der Waals surface area contributed by atoms with Gasteiger partial charge >= 0.3 is 6.03 Å². The largest absolute Gasteiger partial charge is 0.369 e. The molecule has 1 aliphatic heterocycles. The van der Waals surface area contributed by atoms with E-state index in [9.17, 15) is 13.2 Å². The maximum absolute atomic E-state index is 12.7. The molecule has 0 saturated carbocycles. The average Bonchev–Trinajstić information content (AvgIpc) is 2.67. The van der Waals surface area contributed by atoms with E-state index in [1.807, 2.05) is 31.2 Å². The average molecular weight is 423 g/mol. The number of benzene rings is 2. The van der Waals surface area contributed by atoms with Crippen LogP contribution in [0.5, 0.6) is 0 Å². The first-order chi connectivity index (χ1) is 13.3. The van der Waals surface area contributed by atoms with E-state index in [4.69, 9.17) is 16.3 Å². The number of hydrogen-bond donors (Lipinski definition) is 1. The van der Waals surface area contributed by atoms with Gasteiger partial charge in [-0.25, -0.2) is 13.2 Å². The van der Waals surface area contributed by atoms with Crippen LogP contribution in [0.15, 0.2) is 53.4 Å². The van der Waals surface area contributed by atoms with Gasteiger partial charge in [-0.1, -0.05) is 41.9 Å². The van der Waals surface area contributed by atoms with E-state index >= 15 is 0 Å². The van der Waals surface area contributed by atoms with E-state index < -0.39 is 9.84 Å². The summed E-state index contributed by atoms with van der Waals surface area (Å²) in [6.45, 7) is 3.07. The molecule has 0 unspecified atom stereocenters. The highest BCUT2D eigenvalue weighted by Gasteiger charge is 2.31. The molecule has 28 heavy (non-hydrogen) atoms. The number of ether oxygens (including phenoxy) is 1. The number of amides is 2. The Morgan fingerprint density at radius 1 is 1.21 bits per heavy atom. The van der Waals surface area contributed by atoms with Crippen molar-refractivity contribution in [1.82, 2.24) is 10.2 Å². The van der Waals surface area contributed by atoms with Crippen LogP contribution in [0.3, 0.4) is 0 Å².